The van der Waals surface area contributed by atoms with Gasteiger partial charge in [0, 0.05) is 5.56 Å². The molecule has 7 nitrogen and oxygen atoms in total. The van der Waals surface area contributed by atoms with Crippen molar-refractivity contribution in [1.82, 2.24) is 14.8 Å². The second-order valence-corrected chi connectivity index (χ2v) is 5.20. The number of benzene rings is 2. The van der Waals surface area contributed by atoms with Gasteiger partial charge in [-0.25, -0.2) is 9.48 Å². The number of anilines is 1. The monoisotopic (exact) mass is 308 g/mol. The summed E-state index contributed by atoms with van der Waals surface area (Å²) in [6, 6.07) is 10.5. The minimum Gasteiger partial charge on any atom is -0.508 e. The molecule has 0 saturated carbocycles. The van der Waals surface area contributed by atoms with Crippen molar-refractivity contribution in [2.45, 2.75) is 6.04 Å². The molecule has 1 aliphatic rings. The molecule has 114 valence electrons. The topological polar surface area (TPSA) is 100 Å². The first-order valence-corrected chi connectivity index (χ1v) is 6.97. The second-order valence-electron chi connectivity index (χ2n) is 5.20. The fourth-order valence-corrected chi connectivity index (χ4v) is 2.86. The van der Waals surface area contributed by atoms with Gasteiger partial charge in [-0.05, 0) is 22.9 Å². The van der Waals surface area contributed by atoms with Gasteiger partial charge in [0.15, 0.2) is 0 Å². The summed E-state index contributed by atoms with van der Waals surface area (Å²) in [6.45, 7) is 0. The van der Waals surface area contributed by atoms with Gasteiger partial charge in [0.1, 0.15) is 23.8 Å². The van der Waals surface area contributed by atoms with Crippen molar-refractivity contribution in [3.8, 4) is 5.75 Å². The van der Waals surface area contributed by atoms with Crippen molar-refractivity contribution in [3.05, 3.63) is 60.1 Å². The van der Waals surface area contributed by atoms with Crippen molar-refractivity contribution >= 4 is 22.7 Å². The van der Waals surface area contributed by atoms with Crippen molar-refractivity contribution in [3.63, 3.8) is 0 Å². The smallest absolute Gasteiger partial charge is 0.352 e. The number of aromatic nitrogens is 3. The van der Waals surface area contributed by atoms with Crippen LogP contribution >= 0.6 is 0 Å². The van der Waals surface area contributed by atoms with Crippen molar-refractivity contribution in [2.24, 2.45) is 0 Å². The van der Waals surface area contributed by atoms with E-state index >= 15 is 0 Å². The maximum Gasteiger partial charge on any atom is 0.352 e. The Hall–Kier alpha value is -3.35. The van der Waals surface area contributed by atoms with E-state index < -0.39 is 12.0 Å². The molecule has 2 aromatic carbocycles. The second kappa shape index (κ2) is 4.84. The quantitative estimate of drug-likeness (QED) is 0.670. The summed E-state index contributed by atoms with van der Waals surface area (Å²) in [6.07, 6.45) is 2.86. The summed E-state index contributed by atoms with van der Waals surface area (Å²) in [5, 5.41) is 28.3. The predicted octanol–water partition coefficient (Wildman–Crippen LogP) is 2.12. The number of allylic oxidation sites excluding steroid dienone is 1. The molecule has 0 fully saturated rings. The Balaban J connectivity index is 2.01. The Kier molecular flexibility index (Phi) is 2.80. The van der Waals surface area contributed by atoms with Crippen LogP contribution in [0.1, 0.15) is 11.6 Å². The molecular formula is C16H12N4O3. The molecule has 2 heterocycles. The van der Waals surface area contributed by atoms with E-state index in [0.29, 0.717) is 11.5 Å². The number of hydrogen-bond donors (Lipinski definition) is 3. The standard InChI is InChI=1S/C16H12N4O3/c21-13-6-5-9-3-1-2-4-10(9)14(13)12-7-11(15(22)23)19-16-17-8-18-20(12)16/h1-8,12,21H,(H,22,23)(H,17,18,19)/t12-/m0/s1. The Morgan fingerprint density at radius 1 is 1.22 bits per heavy atom. The molecule has 0 unspecified atom stereocenters. The minimum absolute atomic E-state index is 0.00262. The van der Waals surface area contributed by atoms with E-state index in [1.54, 1.807) is 10.7 Å². The molecule has 0 spiro atoms. The van der Waals surface area contributed by atoms with Gasteiger partial charge in [0.25, 0.3) is 0 Å². The van der Waals surface area contributed by atoms with Crippen molar-refractivity contribution in [1.29, 1.82) is 0 Å². The number of nitrogens with one attached hydrogen (secondary N) is 1. The number of hydrogen-bond acceptors (Lipinski definition) is 5. The lowest BCUT2D eigenvalue weighted by Crippen LogP contribution is -2.24. The largest absolute Gasteiger partial charge is 0.508 e. The fourth-order valence-electron chi connectivity index (χ4n) is 2.86. The summed E-state index contributed by atoms with van der Waals surface area (Å²) in [4.78, 5) is 15.4. The fraction of sp³-hybridized carbons (Fsp3) is 0.0625. The van der Waals surface area contributed by atoms with Crippen LogP contribution in [0.3, 0.4) is 0 Å². The number of nitrogens with zero attached hydrogens (tertiary/aromatic N) is 3. The Labute approximate surface area is 130 Å². The normalized spacial score (nSPS) is 16.5. The number of fused-ring (bicyclic) bond motifs is 2. The van der Waals surface area contributed by atoms with Gasteiger partial charge in [0.05, 0.1) is 0 Å². The third-order valence-corrected chi connectivity index (χ3v) is 3.88. The number of carboxylic acid groups (broad SMARTS) is 1. The lowest BCUT2D eigenvalue weighted by molar-refractivity contribution is -0.132. The molecule has 1 aromatic heterocycles. The predicted molar refractivity (Wildman–Crippen MR) is 83.1 cm³/mol. The maximum absolute atomic E-state index is 11.4. The van der Waals surface area contributed by atoms with E-state index in [2.05, 4.69) is 15.4 Å². The van der Waals surface area contributed by atoms with Gasteiger partial charge in [-0.15, -0.1) is 0 Å². The van der Waals surface area contributed by atoms with Crippen LogP contribution < -0.4 is 5.32 Å². The molecule has 0 amide bonds. The highest BCUT2D eigenvalue weighted by Gasteiger charge is 2.28. The Bertz CT molecular complexity index is 961. The highest BCUT2D eigenvalue weighted by atomic mass is 16.4. The van der Waals surface area contributed by atoms with Gasteiger partial charge in [-0.1, -0.05) is 30.3 Å². The SMILES string of the molecule is O=C(O)C1=C[C@@H](c2c(O)ccc3ccccc23)n2ncnc2N1. The summed E-state index contributed by atoms with van der Waals surface area (Å²) < 4.78 is 1.55. The molecule has 7 heteroatoms. The zero-order chi connectivity index (χ0) is 16.0. The summed E-state index contributed by atoms with van der Waals surface area (Å²) in [5.74, 6) is -0.691. The summed E-state index contributed by atoms with van der Waals surface area (Å²) in [5.41, 5.74) is 0.595. The van der Waals surface area contributed by atoms with Crippen LogP contribution in [0.15, 0.2) is 54.5 Å². The molecular weight excluding hydrogens is 296 g/mol. The number of aliphatic carboxylic acids is 1. The van der Waals surface area contributed by atoms with E-state index in [9.17, 15) is 15.0 Å². The van der Waals surface area contributed by atoms with E-state index in [1.165, 1.54) is 12.4 Å². The molecule has 1 atom stereocenters. The zero-order valence-electron chi connectivity index (χ0n) is 11.8. The average Bonchev–Trinajstić information content (AvgIpc) is 3.02. The van der Waals surface area contributed by atoms with Gasteiger partial charge < -0.3 is 15.5 Å². The number of phenols is 1. The first-order chi connectivity index (χ1) is 11.1. The number of aromatic hydroxyl groups is 1. The van der Waals surface area contributed by atoms with Crippen LogP contribution in [0, 0.1) is 0 Å². The summed E-state index contributed by atoms with van der Waals surface area (Å²) in [7, 11) is 0. The maximum atomic E-state index is 11.4. The van der Waals surface area contributed by atoms with E-state index in [-0.39, 0.29) is 11.4 Å². The van der Waals surface area contributed by atoms with Crippen LogP contribution in [0.25, 0.3) is 10.8 Å². The first-order valence-electron chi connectivity index (χ1n) is 6.97. The number of carbonyl (C=O) groups is 1. The van der Waals surface area contributed by atoms with Crippen LogP contribution in [-0.4, -0.2) is 30.9 Å². The lowest BCUT2D eigenvalue weighted by Gasteiger charge is -2.24. The number of phenolic OH excluding ortho intramolecular Hbond substituents is 1. The first kappa shape index (κ1) is 13.3. The molecule has 1 aliphatic heterocycles. The minimum atomic E-state index is -1.09. The van der Waals surface area contributed by atoms with Gasteiger partial charge in [-0.3, -0.25) is 0 Å². The van der Waals surface area contributed by atoms with Crippen LogP contribution in [0.2, 0.25) is 0 Å². The highest BCUT2D eigenvalue weighted by molar-refractivity contribution is 5.92. The number of rotatable bonds is 2. The highest BCUT2D eigenvalue weighted by Crippen LogP contribution is 2.38. The van der Waals surface area contributed by atoms with E-state index in [0.717, 1.165) is 10.8 Å². The molecule has 3 aromatic rings. The average molecular weight is 308 g/mol. The van der Waals surface area contributed by atoms with Crippen molar-refractivity contribution in [2.75, 3.05) is 5.32 Å². The molecule has 0 aliphatic carbocycles. The molecule has 0 radical (unpaired) electrons. The molecule has 23 heavy (non-hydrogen) atoms. The Morgan fingerprint density at radius 3 is 2.87 bits per heavy atom. The Morgan fingerprint density at radius 2 is 2.04 bits per heavy atom. The molecule has 0 bridgehead atoms. The van der Waals surface area contributed by atoms with E-state index in [4.69, 9.17) is 0 Å². The molecule has 3 N–H and O–H groups in total. The van der Waals surface area contributed by atoms with E-state index in [1.807, 2.05) is 30.3 Å². The van der Waals surface area contributed by atoms with Crippen LogP contribution in [0.4, 0.5) is 5.95 Å². The number of carboxylic acids is 1. The van der Waals surface area contributed by atoms with Gasteiger partial charge >= 0.3 is 5.97 Å². The van der Waals surface area contributed by atoms with Crippen molar-refractivity contribution < 1.29 is 15.0 Å². The zero-order valence-corrected chi connectivity index (χ0v) is 11.8. The third kappa shape index (κ3) is 2.02. The lowest BCUT2D eigenvalue weighted by atomic mass is 9.96. The van der Waals surface area contributed by atoms with Crippen LogP contribution in [0.5, 0.6) is 5.75 Å². The van der Waals surface area contributed by atoms with Gasteiger partial charge in [0.2, 0.25) is 5.95 Å². The van der Waals surface area contributed by atoms with Gasteiger partial charge in [-0.2, -0.15) is 10.1 Å². The molecule has 0 saturated heterocycles. The van der Waals surface area contributed by atoms with Crippen LogP contribution in [-0.2, 0) is 4.79 Å². The summed E-state index contributed by atoms with van der Waals surface area (Å²) >= 11 is 0. The molecule has 4 rings (SSSR count). The third-order valence-electron chi connectivity index (χ3n) is 3.88.